The molecule has 522 valence electrons. The molecule has 7 aromatic heterocycles. The topological polar surface area (TPSA) is 366 Å². The van der Waals surface area contributed by atoms with Gasteiger partial charge < -0.3 is 51.5 Å². The Kier molecular flexibility index (Phi) is 28.0. The summed E-state index contributed by atoms with van der Waals surface area (Å²) < 4.78 is 3.68. The van der Waals surface area contributed by atoms with Crippen LogP contribution in [0.25, 0.3) is 11.4 Å². The molecule has 9 aromatic rings. The second-order valence-corrected chi connectivity index (χ2v) is 25.2. The Bertz CT molecular complexity index is 4080. The zero-order valence-electron chi connectivity index (χ0n) is 55.0. The van der Waals surface area contributed by atoms with Crippen LogP contribution in [0, 0.1) is 34.1 Å². The van der Waals surface area contributed by atoms with Gasteiger partial charge in [-0.05, 0) is 149 Å². The number of halogens is 3. The molecule has 11 heterocycles. The first kappa shape index (κ1) is 75.2. The van der Waals surface area contributed by atoms with Gasteiger partial charge in [0.2, 0.25) is 0 Å². The van der Waals surface area contributed by atoms with Crippen molar-refractivity contribution in [1.82, 2.24) is 44.5 Å². The van der Waals surface area contributed by atoms with E-state index in [1.54, 1.807) is 31.6 Å². The third-order valence-corrected chi connectivity index (χ3v) is 16.5. The predicted molar refractivity (Wildman–Crippen MR) is 381 cm³/mol. The maximum Gasteiger partial charge on any atom is 0.287 e. The average molecular weight is 1410 g/mol. The molecular weight excluding hydrogens is 1330 g/mol. The normalized spacial score (nSPS) is 16.8. The highest BCUT2D eigenvalue weighted by Crippen LogP contribution is 2.25. The Hall–Kier alpha value is -9.58. The first-order valence-electron chi connectivity index (χ1n) is 32.0. The van der Waals surface area contributed by atoms with Gasteiger partial charge in [0.15, 0.2) is 0 Å². The quantitative estimate of drug-likeness (QED) is 0.0298. The number of nitro groups is 2. The van der Waals surface area contributed by atoms with Crippen molar-refractivity contribution < 1.29 is 39.9 Å². The minimum Gasteiger partial charge on any atom is -0.397 e. The predicted octanol–water partition coefficient (Wildman–Crippen LogP) is 9.06. The number of anilines is 5. The molecule has 0 aliphatic carbocycles. The zero-order valence-corrected chi connectivity index (χ0v) is 57.3. The van der Waals surface area contributed by atoms with Gasteiger partial charge in [-0.1, -0.05) is 59.1 Å². The summed E-state index contributed by atoms with van der Waals surface area (Å²) in [5.41, 5.74) is 19.3. The number of nitrogen functional groups attached to an aromatic ring is 1. The minimum atomic E-state index is -0.524. The molecule has 4 saturated heterocycles. The van der Waals surface area contributed by atoms with E-state index in [9.17, 15) is 50.2 Å². The summed E-state index contributed by atoms with van der Waals surface area (Å²) in [6.07, 6.45) is 11.4. The second kappa shape index (κ2) is 36.8. The Morgan fingerprint density at radius 2 is 0.929 bits per heavy atom. The van der Waals surface area contributed by atoms with Crippen molar-refractivity contribution in [2.75, 3.05) is 77.7 Å². The number of β-amino-alcohol motifs (C(OH)–C–C–N with tert-alkyl or cyclic N) is 4. The van der Waals surface area contributed by atoms with E-state index in [1.165, 1.54) is 24.4 Å². The summed E-state index contributed by atoms with van der Waals surface area (Å²) in [6.45, 7) is 11.7. The molecule has 4 aliphatic heterocycles. The van der Waals surface area contributed by atoms with E-state index in [-0.39, 0.29) is 52.5 Å². The van der Waals surface area contributed by atoms with Crippen LogP contribution in [0.15, 0.2) is 152 Å². The molecule has 30 heteroatoms. The van der Waals surface area contributed by atoms with E-state index in [0.717, 1.165) is 121 Å². The Morgan fingerprint density at radius 3 is 1.28 bits per heavy atom. The highest BCUT2D eigenvalue weighted by atomic mass is 35.5. The molecule has 4 aliphatic rings. The van der Waals surface area contributed by atoms with E-state index >= 15 is 0 Å². The molecule has 13 rings (SSSR count). The summed E-state index contributed by atoms with van der Waals surface area (Å²) in [5, 5.41) is 68.7. The third-order valence-electron chi connectivity index (χ3n) is 15.8. The van der Waals surface area contributed by atoms with E-state index in [1.807, 2.05) is 125 Å². The largest absolute Gasteiger partial charge is 0.397 e. The summed E-state index contributed by atoms with van der Waals surface area (Å²) in [5.74, 6) is 3.61. The van der Waals surface area contributed by atoms with Gasteiger partial charge in [-0.25, -0.2) is 34.3 Å². The Labute approximate surface area is 587 Å². The number of aliphatic hydroxyl groups excluding tert-OH is 4. The minimum absolute atomic E-state index is 0.0153. The number of Topliss-reactive ketones (excluding diaryl/α,β-unsaturated/α-hetero) is 2. The molecule has 4 fully saturated rings. The lowest BCUT2D eigenvalue weighted by atomic mass is 10.1. The van der Waals surface area contributed by atoms with Gasteiger partial charge in [-0.15, -0.1) is 0 Å². The number of nitrogens with zero attached hydrogens (tertiary/aromatic N) is 15. The molecule has 2 aromatic carbocycles. The van der Waals surface area contributed by atoms with Crippen LogP contribution in [0.3, 0.4) is 0 Å². The van der Waals surface area contributed by atoms with Gasteiger partial charge in [0.25, 0.3) is 11.4 Å². The molecule has 27 nitrogen and oxygen atoms in total. The molecule has 0 bridgehead atoms. The van der Waals surface area contributed by atoms with Crippen molar-refractivity contribution >= 4 is 86.7 Å². The van der Waals surface area contributed by atoms with Crippen LogP contribution >= 0.6 is 34.8 Å². The third kappa shape index (κ3) is 23.6. The molecule has 0 spiro atoms. The molecule has 0 unspecified atom stereocenters. The molecule has 0 radical (unpaired) electrons. The molecule has 8 N–H and O–H groups in total. The van der Waals surface area contributed by atoms with Crippen LogP contribution in [0.4, 0.5) is 40.3 Å². The Morgan fingerprint density at radius 1 is 0.525 bits per heavy atom. The lowest BCUT2D eigenvalue weighted by Crippen LogP contribution is -2.22. The van der Waals surface area contributed by atoms with E-state index in [4.69, 9.17) is 46.3 Å². The average Bonchev–Trinajstić information content (AvgIpc) is 1.73. The number of carbonyl (C=O) groups excluding carboxylic acids is 2. The standard InChI is InChI=1S/C23H25ClN4O2.C12H16N2O2.C11H12ClN3.C9H11N3O3.C9H13N3O.C5H3ClN2O2/c1-16-11-20(28(26-16)19-4-2-3-18(24)13-19)6-7-21(29)12-17-5-8-23(25-14-17)27-10-9-22(30)15-27;1-9(15)6-10-2-3-12(13-7-10)14-5-4-11(16)8-14;1-8-5-11(7-13)15(14-8)10-4-2-3-9(12)6-10;13-8-3-4-11(6-8)9-2-1-7(5-10-9)12(14)15;10-7-1-2-9(11-5-7)12-4-3-8(13)6-12;6-5-2-1-4(3-7-5)8(9)10/h2-5,8,11,13-14,22,30H,6-7,9-10,12,15H2,1H3;2-3,7,11,16H,4-6,8H2,1H3;2-6H,7,13H2,1H3;1-2,5,8,13H,3-4,6H2;1-2,5,8,13H,3-4,6,10H2;1-3H/t22-;11-;;2*8-;/m11.11./s1. The zero-order chi connectivity index (χ0) is 71.1. The van der Waals surface area contributed by atoms with Crippen molar-refractivity contribution in [3.8, 4) is 11.4 Å². The second-order valence-electron chi connectivity index (χ2n) is 23.9. The van der Waals surface area contributed by atoms with Crippen LogP contribution in [0.2, 0.25) is 15.2 Å². The van der Waals surface area contributed by atoms with Gasteiger partial charge in [0.1, 0.15) is 52.4 Å². The number of aromatic nitrogens is 9. The lowest BCUT2D eigenvalue weighted by Gasteiger charge is -2.16. The molecule has 4 atom stereocenters. The number of ketones is 2. The van der Waals surface area contributed by atoms with Crippen LogP contribution in [-0.2, 0) is 35.4 Å². The van der Waals surface area contributed by atoms with Crippen LogP contribution < -0.4 is 31.1 Å². The maximum absolute atomic E-state index is 12.6. The first-order chi connectivity index (χ1) is 47.4. The number of aliphatic hydroxyl groups is 4. The van der Waals surface area contributed by atoms with Crippen molar-refractivity contribution in [2.45, 2.75) is 103 Å². The highest BCUT2D eigenvalue weighted by molar-refractivity contribution is 6.31. The van der Waals surface area contributed by atoms with Crippen molar-refractivity contribution in [3.63, 3.8) is 0 Å². The fourth-order valence-electron chi connectivity index (χ4n) is 10.9. The molecular formula is C69H80Cl3N17O10. The van der Waals surface area contributed by atoms with Gasteiger partial charge in [-0.3, -0.25) is 29.8 Å². The van der Waals surface area contributed by atoms with Crippen LogP contribution in [0.1, 0.15) is 72.9 Å². The van der Waals surface area contributed by atoms with Crippen molar-refractivity contribution in [3.05, 3.63) is 222 Å². The summed E-state index contributed by atoms with van der Waals surface area (Å²) >= 11 is 17.4. The van der Waals surface area contributed by atoms with Crippen LogP contribution in [-0.4, -0.2) is 163 Å². The lowest BCUT2D eigenvalue weighted by molar-refractivity contribution is -0.385. The summed E-state index contributed by atoms with van der Waals surface area (Å²) in [6, 6.07) is 36.2. The van der Waals surface area contributed by atoms with Gasteiger partial charge in [0, 0.05) is 118 Å². The maximum atomic E-state index is 12.6. The molecule has 0 amide bonds. The van der Waals surface area contributed by atoms with Gasteiger partial charge in [0.05, 0.1) is 74.6 Å². The number of aryl methyl sites for hydroxylation is 3. The number of hydrogen-bond acceptors (Lipinski definition) is 23. The van der Waals surface area contributed by atoms with E-state index in [0.29, 0.717) is 80.0 Å². The van der Waals surface area contributed by atoms with Crippen LogP contribution in [0.5, 0.6) is 0 Å². The smallest absolute Gasteiger partial charge is 0.287 e. The first-order valence-corrected chi connectivity index (χ1v) is 33.1. The highest BCUT2D eigenvalue weighted by Gasteiger charge is 2.25. The molecule has 99 heavy (non-hydrogen) atoms. The van der Waals surface area contributed by atoms with Gasteiger partial charge >= 0.3 is 0 Å². The number of rotatable bonds is 16. The monoisotopic (exact) mass is 1410 g/mol. The van der Waals surface area contributed by atoms with Crippen molar-refractivity contribution in [1.29, 1.82) is 0 Å². The van der Waals surface area contributed by atoms with E-state index < -0.39 is 9.85 Å². The fourth-order valence-corrected chi connectivity index (χ4v) is 11.4. The number of pyridine rings is 5. The summed E-state index contributed by atoms with van der Waals surface area (Å²) in [4.78, 5) is 71.5. The molecule has 0 saturated carbocycles. The Balaban J connectivity index is 0.000000158. The number of carbonyl (C=O) groups is 2. The number of benzene rings is 2. The number of hydrogen-bond donors (Lipinski definition) is 6. The number of nitrogens with two attached hydrogens (primary N) is 2. The SMILES string of the molecule is CC(=O)Cc1ccc(N2CC[C@@H](O)C2)nc1.Cc1cc(CCC(=O)Cc2ccc(N3CC[C@@H](O)C3)nc2)n(-c2cccc(Cl)c2)n1.Cc1cc(CN)n(-c2cccc(Cl)c2)n1.Nc1ccc(N2CC[C@@H](O)C2)nc1.O=[N+]([O-])c1ccc(Cl)nc1.O=[N+]([O-])c1ccc(N2CC[C@@H](O)C2)nc1. The fraction of sp³-hybridized carbons (Fsp3) is 0.348. The van der Waals surface area contributed by atoms with E-state index in [2.05, 4.69) is 49.8 Å². The van der Waals surface area contributed by atoms with Crippen molar-refractivity contribution in [2.24, 2.45) is 5.73 Å². The van der Waals surface area contributed by atoms with Gasteiger partial charge in [-0.2, -0.15) is 10.2 Å². The summed E-state index contributed by atoms with van der Waals surface area (Å²) in [7, 11) is 0.